The van der Waals surface area contributed by atoms with Crippen LogP contribution >= 0.6 is 0 Å². The molecule has 1 saturated heterocycles. The van der Waals surface area contributed by atoms with Crippen molar-refractivity contribution in [2.24, 2.45) is 0 Å². The number of amides is 1. The molecule has 1 N–H and O–H groups in total. The molecule has 0 aromatic carbocycles. The van der Waals surface area contributed by atoms with Gasteiger partial charge < -0.3 is 14.7 Å². The summed E-state index contributed by atoms with van der Waals surface area (Å²) in [5.74, 6) is -0.0596. The van der Waals surface area contributed by atoms with E-state index in [0.29, 0.717) is 11.7 Å². The normalized spacial score (nSPS) is 17.7. The van der Waals surface area contributed by atoms with Gasteiger partial charge in [-0.2, -0.15) is 0 Å². The van der Waals surface area contributed by atoms with Gasteiger partial charge in [0.2, 0.25) is 0 Å². The standard InChI is InChI=1S/C10H15N3O2/c1-13(8-2-5-11-6-3-8)10(14)9-4-7-15-12-9/h4,7-8,11H,2-3,5-6H2,1H3. The first kappa shape index (κ1) is 10.2. The Balaban J connectivity index is 2.00. The SMILES string of the molecule is CN(C(=O)c1ccon1)C1CCNCC1. The summed E-state index contributed by atoms with van der Waals surface area (Å²) in [4.78, 5) is 13.7. The number of aromatic nitrogens is 1. The molecule has 0 spiro atoms. The Hall–Kier alpha value is -1.36. The summed E-state index contributed by atoms with van der Waals surface area (Å²) >= 11 is 0. The molecule has 1 aromatic heterocycles. The van der Waals surface area contributed by atoms with Crippen LogP contribution in [0.15, 0.2) is 16.9 Å². The Morgan fingerprint density at radius 3 is 2.93 bits per heavy atom. The number of piperidine rings is 1. The third kappa shape index (κ3) is 2.18. The van der Waals surface area contributed by atoms with Crippen molar-refractivity contribution in [1.82, 2.24) is 15.4 Å². The van der Waals surface area contributed by atoms with Crippen LogP contribution in [0.25, 0.3) is 0 Å². The highest BCUT2D eigenvalue weighted by atomic mass is 16.5. The van der Waals surface area contributed by atoms with E-state index in [4.69, 9.17) is 0 Å². The van der Waals surface area contributed by atoms with Crippen LogP contribution in [-0.4, -0.2) is 42.1 Å². The van der Waals surface area contributed by atoms with Gasteiger partial charge in [0.25, 0.3) is 5.91 Å². The third-order valence-corrected chi connectivity index (χ3v) is 2.83. The van der Waals surface area contributed by atoms with Crippen molar-refractivity contribution < 1.29 is 9.32 Å². The number of carbonyl (C=O) groups excluding carboxylic acids is 1. The van der Waals surface area contributed by atoms with Gasteiger partial charge in [0, 0.05) is 19.2 Å². The summed E-state index contributed by atoms with van der Waals surface area (Å²) in [6.45, 7) is 1.95. The number of hydrogen-bond donors (Lipinski definition) is 1. The van der Waals surface area contributed by atoms with Gasteiger partial charge in [0.15, 0.2) is 5.69 Å². The molecule has 2 rings (SSSR count). The zero-order valence-corrected chi connectivity index (χ0v) is 8.77. The van der Waals surface area contributed by atoms with Crippen LogP contribution in [-0.2, 0) is 0 Å². The van der Waals surface area contributed by atoms with Crippen LogP contribution in [0.5, 0.6) is 0 Å². The van der Waals surface area contributed by atoms with Crippen LogP contribution in [0.2, 0.25) is 0 Å². The van der Waals surface area contributed by atoms with Crippen molar-refractivity contribution in [2.45, 2.75) is 18.9 Å². The van der Waals surface area contributed by atoms with Crippen molar-refractivity contribution in [1.29, 1.82) is 0 Å². The van der Waals surface area contributed by atoms with Crippen molar-refractivity contribution in [2.75, 3.05) is 20.1 Å². The molecule has 2 heterocycles. The van der Waals surface area contributed by atoms with Gasteiger partial charge in [-0.05, 0) is 25.9 Å². The average Bonchev–Trinajstić information content (AvgIpc) is 2.82. The van der Waals surface area contributed by atoms with Crippen LogP contribution < -0.4 is 5.32 Å². The quantitative estimate of drug-likeness (QED) is 0.770. The summed E-state index contributed by atoms with van der Waals surface area (Å²) in [6, 6.07) is 1.91. The molecular formula is C10H15N3O2. The van der Waals surface area contributed by atoms with E-state index >= 15 is 0 Å². The van der Waals surface area contributed by atoms with E-state index in [1.165, 1.54) is 6.26 Å². The average molecular weight is 209 g/mol. The topological polar surface area (TPSA) is 58.4 Å². The highest BCUT2D eigenvalue weighted by Crippen LogP contribution is 2.12. The Kier molecular flexibility index (Phi) is 3.01. The second-order valence-electron chi connectivity index (χ2n) is 3.78. The lowest BCUT2D eigenvalue weighted by Crippen LogP contribution is -2.44. The zero-order chi connectivity index (χ0) is 10.7. The molecule has 1 aliphatic rings. The van der Waals surface area contributed by atoms with E-state index in [-0.39, 0.29) is 5.91 Å². The molecule has 5 heteroatoms. The highest BCUT2D eigenvalue weighted by Gasteiger charge is 2.23. The first-order valence-electron chi connectivity index (χ1n) is 5.17. The largest absolute Gasteiger partial charge is 0.364 e. The smallest absolute Gasteiger partial charge is 0.276 e. The lowest BCUT2D eigenvalue weighted by molar-refractivity contribution is 0.0693. The first-order chi connectivity index (χ1) is 7.29. The second kappa shape index (κ2) is 4.44. The van der Waals surface area contributed by atoms with Crippen LogP contribution in [0, 0.1) is 0 Å². The highest BCUT2D eigenvalue weighted by molar-refractivity contribution is 5.92. The zero-order valence-electron chi connectivity index (χ0n) is 8.77. The fourth-order valence-corrected chi connectivity index (χ4v) is 1.86. The van der Waals surface area contributed by atoms with Crippen LogP contribution in [0.3, 0.4) is 0 Å². The number of carbonyl (C=O) groups is 1. The van der Waals surface area contributed by atoms with Gasteiger partial charge in [-0.15, -0.1) is 0 Å². The molecule has 15 heavy (non-hydrogen) atoms. The monoisotopic (exact) mass is 209 g/mol. The Labute approximate surface area is 88.4 Å². The molecule has 0 radical (unpaired) electrons. The molecule has 0 aliphatic carbocycles. The predicted octanol–water partition coefficient (Wildman–Crippen LogP) is 0.499. The minimum absolute atomic E-state index is 0.0596. The van der Waals surface area contributed by atoms with E-state index in [1.807, 2.05) is 7.05 Å². The van der Waals surface area contributed by atoms with Gasteiger partial charge in [-0.25, -0.2) is 0 Å². The van der Waals surface area contributed by atoms with Crippen molar-refractivity contribution in [3.05, 3.63) is 18.0 Å². The Bertz CT molecular complexity index is 317. The van der Waals surface area contributed by atoms with Crippen LogP contribution in [0.1, 0.15) is 23.3 Å². The minimum Gasteiger partial charge on any atom is -0.364 e. The number of nitrogens with one attached hydrogen (secondary N) is 1. The van der Waals surface area contributed by atoms with E-state index in [0.717, 1.165) is 25.9 Å². The van der Waals surface area contributed by atoms with E-state index in [1.54, 1.807) is 11.0 Å². The van der Waals surface area contributed by atoms with E-state index < -0.39 is 0 Å². The van der Waals surface area contributed by atoms with Crippen LogP contribution in [0.4, 0.5) is 0 Å². The van der Waals surface area contributed by atoms with Gasteiger partial charge in [-0.3, -0.25) is 4.79 Å². The molecule has 0 unspecified atom stereocenters. The molecule has 0 saturated carbocycles. The molecule has 0 bridgehead atoms. The number of nitrogens with zero attached hydrogens (tertiary/aromatic N) is 2. The molecular weight excluding hydrogens is 194 g/mol. The number of rotatable bonds is 2. The summed E-state index contributed by atoms with van der Waals surface area (Å²) in [6.07, 6.45) is 3.42. The van der Waals surface area contributed by atoms with Crippen molar-refractivity contribution in [3.63, 3.8) is 0 Å². The molecule has 82 valence electrons. The molecule has 1 aromatic rings. The predicted molar refractivity (Wildman–Crippen MR) is 54.5 cm³/mol. The summed E-state index contributed by atoms with van der Waals surface area (Å²) in [7, 11) is 1.83. The van der Waals surface area contributed by atoms with E-state index in [2.05, 4.69) is 15.0 Å². The molecule has 1 aliphatic heterocycles. The van der Waals surface area contributed by atoms with Crippen molar-refractivity contribution >= 4 is 5.91 Å². The fraction of sp³-hybridized carbons (Fsp3) is 0.600. The minimum atomic E-state index is -0.0596. The lowest BCUT2D eigenvalue weighted by atomic mass is 10.1. The Morgan fingerprint density at radius 1 is 1.60 bits per heavy atom. The van der Waals surface area contributed by atoms with E-state index in [9.17, 15) is 4.79 Å². The molecule has 0 atom stereocenters. The maximum absolute atomic E-state index is 11.9. The molecule has 1 fully saturated rings. The van der Waals surface area contributed by atoms with Gasteiger partial charge in [-0.1, -0.05) is 5.16 Å². The third-order valence-electron chi connectivity index (χ3n) is 2.83. The lowest BCUT2D eigenvalue weighted by Gasteiger charge is -2.31. The van der Waals surface area contributed by atoms with Crippen molar-refractivity contribution in [3.8, 4) is 0 Å². The summed E-state index contributed by atoms with van der Waals surface area (Å²) in [5.41, 5.74) is 0.385. The van der Waals surface area contributed by atoms with Gasteiger partial charge in [0.05, 0.1) is 0 Å². The first-order valence-corrected chi connectivity index (χ1v) is 5.17. The summed E-state index contributed by atoms with van der Waals surface area (Å²) in [5, 5.41) is 6.92. The molecule has 1 amide bonds. The number of hydrogen-bond acceptors (Lipinski definition) is 4. The van der Waals surface area contributed by atoms with Gasteiger partial charge in [0.1, 0.15) is 6.26 Å². The fourth-order valence-electron chi connectivity index (χ4n) is 1.86. The maximum Gasteiger partial charge on any atom is 0.276 e. The summed E-state index contributed by atoms with van der Waals surface area (Å²) < 4.78 is 4.66. The Morgan fingerprint density at radius 2 is 2.33 bits per heavy atom. The molecule has 5 nitrogen and oxygen atoms in total. The second-order valence-corrected chi connectivity index (χ2v) is 3.78. The van der Waals surface area contributed by atoms with Gasteiger partial charge >= 0.3 is 0 Å². The maximum atomic E-state index is 11.9.